The molecule has 0 saturated heterocycles. The van der Waals surface area contributed by atoms with Gasteiger partial charge in [-0.1, -0.05) is 38.5 Å². The van der Waals surface area contributed by atoms with E-state index >= 15 is 0 Å². The van der Waals surface area contributed by atoms with Gasteiger partial charge in [0, 0.05) is 18.0 Å². The summed E-state index contributed by atoms with van der Waals surface area (Å²) in [6.07, 6.45) is 8.58. The highest BCUT2D eigenvalue weighted by molar-refractivity contribution is 7.99. The fourth-order valence-electron chi connectivity index (χ4n) is 3.85. The van der Waals surface area contributed by atoms with Crippen LogP contribution in [0.2, 0.25) is 0 Å². The Hall–Kier alpha value is -1.04. The second-order valence-electron chi connectivity index (χ2n) is 7.95. The predicted molar refractivity (Wildman–Crippen MR) is 95.1 cm³/mol. The average Bonchev–Trinajstić information content (AvgIpc) is 3.48. The van der Waals surface area contributed by atoms with Gasteiger partial charge in [0.25, 0.3) is 0 Å². The minimum absolute atomic E-state index is 0.143. The maximum absolute atomic E-state index is 12.4. The molecule has 0 unspecified atom stereocenters. The van der Waals surface area contributed by atoms with E-state index in [1.807, 2.05) is 0 Å². The number of nitrogens with zero attached hydrogens (tertiary/aromatic N) is 3. The van der Waals surface area contributed by atoms with Crippen LogP contribution in [0.25, 0.3) is 0 Å². The summed E-state index contributed by atoms with van der Waals surface area (Å²) < 4.78 is 2.32. The third-order valence-electron chi connectivity index (χ3n) is 5.93. The number of thioether (sulfide) groups is 1. The highest BCUT2D eigenvalue weighted by Gasteiger charge is 2.36. The molecule has 132 valence electrons. The van der Waals surface area contributed by atoms with Crippen molar-refractivity contribution in [3.63, 3.8) is 0 Å². The highest BCUT2D eigenvalue weighted by atomic mass is 32.2. The van der Waals surface area contributed by atoms with Gasteiger partial charge in [-0.15, -0.1) is 10.2 Å². The summed E-state index contributed by atoms with van der Waals surface area (Å²) in [6.45, 7) is 4.57. The minimum Gasteiger partial charge on any atom is -0.352 e. The highest BCUT2D eigenvalue weighted by Crippen LogP contribution is 2.46. The Bertz CT molecular complexity index is 608. The van der Waals surface area contributed by atoms with Crippen molar-refractivity contribution >= 4 is 17.7 Å². The van der Waals surface area contributed by atoms with Crippen LogP contribution in [0, 0.1) is 11.8 Å². The Labute approximate surface area is 148 Å². The molecular formula is C18H28N4OS. The van der Waals surface area contributed by atoms with Crippen LogP contribution >= 0.6 is 11.8 Å². The van der Waals surface area contributed by atoms with Gasteiger partial charge >= 0.3 is 0 Å². The lowest BCUT2D eigenvalue weighted by Crippen LogP contribution is -2.44. The zero-order valence-electron chi connectivity index (χ0n) is 14.7. The molecule has 4 rings (SSSR count). The fourth-order valence-corrected chi connectivity index (χ4v) is 4.67. The number of nitrogens with one attached hydrogen (secondary N) is 1. The maximum atomic E-state index is 12.4. The number of carbonyl (C=O) groups excluding carboxylic acids is 1. The molecule has 0 aliphatic heterocycles. The van der Waals surface area contributed by atoms with Crippen LogP contribution in [0.1, 0.15) is 76.6 Å². The van der Waals surface area contributed by atoms with Crippen molar-refractivity contribution in [2.24, 2.45) is 11.8 Å². The topological polar surface area (TPSA) is 59.8 Å². The van der Waals surface area contributed by atoms with E-state index in [-0.39, 0.29) is 5.91 Å². The number of hydrogen-bond donors (Lipinski definition) is 1. The van der Waals surface area contributed by atoms with E-state index in [0.717, 1.165) is 17.4 Å². The molecule has 1 N–H and O–H groups in total. The quantitative estimate of drug-likeness (QED) is 0.799. The maximum Gasteiger partial charge on any atom is 0.230 e. The largest absolute Gasteiger partial charge is 0.352 e. The van der Waals surface area contributed by atoms with E-state index in [9.17, 15) is 4.79 Å². The molecule has 0 radical (unpaired) electrons. The first kappa shape index (κ1) is 16.4. The molecule has 24 heavy (non-hydrogen) atoms. The van der Waals surface area contributed by atoms with Crippen LogP contribution in [0.15, 0.2) is 5.16 Å². The summed E-state index contributed by atoms with van der Waals surface area (Å²) in [5.41, 5.74) is 0. The molecule has 6 heteroatoms. The van der Waals surface area contributed by atoms with Gasteiger partial charge in [0.05, 0.1) is 5.75 Å². The molecule has 1 aromatic rings. The molecule has 3 aliphatic rings. The Kier molecular flexibility index (Phi) is 4.58. The zero-order valence-corrected chi connectivity index (χ0v) is 15.5. The van der Waals surface area contributed by atoms with Gasteiger partial charge in [-0.25, -0.2) is 0 Å². The standard InChI is InChI=1S/C18H28N4OS/c1-11-4-3-5-15(12(11)2)19-16(23)10-24-18-21-20-17(13-6-7-13)22(18)14-8-9-14/h11-15H,3-10H2,1-2H3,(H,19,23)/t11-,12+,15+/m0/s1. The van der Waals surface area contributed by atoms with Gasteiger partial charge < -0.3 is 9.88 Å². The smallest absolute Gasteiger partial charge is 0.230 e. The van der Waals surface area contributed by atoms with Crippen molar-refractivity contribution in [1.29, 1.82) is 0 Å². The monoisotopic (exact) mass is 348 g/mol. The van der Waals surface area contributed by atoms with Gasteiger partial charge in [0.15, 0.2) is 5.16 Å². The molecule has 3 saturated carbocycles. The number of aromatic nitrogens is 3. The first-order chi connectivity index (χ1) is 11.6. The Balaban J connectivity index is 1.34. The Morgan fingerprint density at radius 1 is 1.17 bits per heavy atom. The van der Waals surface area contributed by atoms with E-state index in [1.165, 1.54) is 38.5 Å². The fraction of sp³-hybridized carbons (Fsp3) is 0.833. The van der Waals surface area contributed by atoms with Crippen LogP contribution in [-0.2, 0) is 4.79 Å². The summed E-state index contributed by atoms with van der Waals surface area (Å²) in [5.74, 6) is 3.65. The van der Waals surface area contributed by atoms with Crippen molar-refractivity contribution in [3.05, 3.63) is 5.82 Å². The van der Waals surface area contributed by atoms with Gasteiger partial charge in [0.1, 0.15) is 5.82 Å². The van der Waals surface area contributed by atoms with Gasteiger partial charge in [-0.05, 0) is 43.9 Å². The summed E-state index contributed by atoms with van der Waals surface area (Å²) in [7, 11) is 0. The van der Waals surface area contributed by atoms with E-state index in [2.05, 4.69) is 33.9 Å². The number of hydrogen-bond acceptors (Lipinski definition) is 4. The molecule has 0 aromatic carbocycles. The van der Waals surface area contributed by atoms with Gasteiger partial charge in [0.2, 0.25) is 5.91 Å². The van der Waals surface area contributed by atoms with Crippen molar-refractivity contribution in [1.82, 2.24) is 20.1 Å². The van der Waals surface area contributed by atoms with Crippen LogP contribution < -0.4 is 5.32 Å². The third kappa shape index (κ3) is 3.48. The van der Waals surface area contributed by atoms with E-state index < -0.39 is 0 Å². The van der Waals surface area contributed by atoms with Crippen LogP contribution in [0.4, 0.5) is 0 Å². The number of amides is 1. The van der Waals surface area contributed by atoms with Crippen LogP contribution in [0.5, 0.6) is 0 Å². The summed E-state index contributed by atoms with van der Waals surface area (Å²) in [4.78, 5) is 12.4. The molecule has 1 amide bonds. The second kappa shape index (κ2) is 6.70. The predicted octanol–water partition coefficient (Wildman–Crippen LogP) is 3.52. The lowest BCUT2D eigenvalue weighted by Gasteiger charge is -2.34. The lowest BCUT2D eigenvalue weighted by molar-refractivity contribution is -0.120. The Morgan fingerprint density at radius 3 is 2.67 bits per heavy atom. The van der Waals surface area contributed by atoms with E-state index in [0.29, 0.717) is 35.6 Å². The first-order valence-electron chi connectivity index (χ1n) is 9.50. The molecule has 0 spiro atoms. The van der Waals surface area contributed by atoms with Crippen LogP contribution in [-0.4, -0.2) is 32.5 Å². The number of carbonyl (C=O) groups is 1. The average molecular weight is 349 g/mol. The first-order valence-corrected chi connectivity index (χ1v) is 10.5. The van der Waals surface area contributed by atoms with Gasteiger partial charge in [-0.2, -0.15) is 0 Å². The van der Waals surface area contributed by atoms with Crippen molar-refractivity contribution in [2.45, 2.75) is 82.0 Å². The molecule has 3 fully saturated rings. The molecular weight excluding hydrogens is 320 g/mol. The normalized spacial score (nSPS) is 30.3. The molecule has 3 atom stereocenters. The number of rotatable bonds is 6. The third-order valence-corrected chi connectivity index (χ3v) is 6.87. The summed E-state index contributed by atoms with van der Waals surface area (Å²) in [6, 6.07) is 0.922. The second-order valence-corrected chi connectivity index (χ2v) is 8.89. The molecule has 1 aromatic heterocycles. The van der Waals surface area contributed by atoms with E-state index in [1.54, 1.807) is 11.8 Å². The van der Waals surface area contributed by atoms with E-state index in [4.69, 9.17) is 0 Å². The lowest BCUT2D eigenvalue weighted by atomic mass is 9.78. The molecule has 0 bridgehead atoms. The van der Waals surface area contributed by atoms with Crippen LogP contribution in [0.3, 0.4) is 0 Å². The van der Waals surface area contributed by atoms with Crippen molar-refractivity contribution in [2.75, 3.05) is 5.75 Å². The minimum atomic E-state index is 0.143. The van der Waals surface area contributed by atoms with Crippen molar-refractivity contribution in [3.8, 4) is 0 Å². The van der Waals surface area contributed by atoms with Crippen molar-refractivity contribution < 1.29 is 4.79 Å². The zero-order chi connectivity index (χ0) is 16.7. The molecule has 1 heterocycles. The summed E-state index contributed by atoms with van der Waals surface area (Å²) >= 11 is 1.56. The Morgan fingerprint density at radius 2 is 1.96 bits per heavy atom. The molecule has 3 aliphatic carbocycles. The summed E-state index contributed by atoms with van der Waals surface area (Å²) in [5, 5.41) is 13.0. The SMILES string of the molecule is C[C@@H]1[C@@H](C)CCC[C@H]1NC(=O)CSc1nnc(C2CC2)n1C1CC1. The molecule has 5 nitrogen and oxygen atoms in total. The van der Waals surface area contributed by atoms with Gasteiger partial charge in [-0.3, -0.25) is 4.79 Å².